The Hall–Kier alpha value is -2.90. The molecule has 30 heavy (non-hydrogen) atoms. The highest BCUT2D eigenvalue weighted by Gasteiger charge is 2.14. The van der Waals surface area contributed by atoms with Crippen molar-refractivity contribution in [2.24, 2.45) is 0 Å². The predicted octanol–water partition coefficient (Wildman–Crippen LogP) is 4.54. The summed E-state index contributed by atoms with van der Waals surface area (Å²) in [5, 5.41) is 5.95. The molecule has 0 aliphatic carbocycles. The second kappa shape index (κ2) is 10.2. The summed E-state index contributed by atoms with van der Waals surface area (Å²) < 4.78 is 4.97. The van der Waals surface area contributed by atoms with Gasteiger partial charge in [0.2, 0.25) is 0 Å². The highest BCUT2D eigenvalue weighted by atomic mass is 35.5. The number of halogens is 1. The molecule has 8 heteroatoms. The number of esters is 1. The predicted molar refractivity (Wildman–Crippen MR) is 119 cm³/mol. The number of thiazole rings is 1. The van der Waals surface area contributed by atoms with Gasteiger partial charge in [-0.15, -0.1) is 11.3 Å². The van der Waals surface area contributed by atoms with Gasteiger partial charge in [-0.25, -0.2) is 9.78 Å². The topological polar surface area (TPSA) is 71.5 Å². The summed E-state index contributed by atoms with van der Waals surface area (Å²) in [6.07, 6.45) is 0. The number of nitrogens with one attached hydrogen (secondary N) is 1. The first-order valence-corrected chi connectivity index (χ1v) is 10.7. The van der Waals surface area contributed by atoms with Crippen LogP contribution in [-0.2, 0) is 17.8 Å². The van der Waals surface area contributed by atoms with E-state index in [4.69, 9.17) is 16.3 Å². The van der Waals surface area contributed by atoms with Gasteiger partial charge >= 0.3 is 5.97 Å². The van der Waals surface area contributed by atoms with Crippen molar-refractivity contribution in [3.8, 4) is 0 Å². The summed E-state index contributed by atoms with van der Waals surface area (Å²) in [4.78, 5) is 30.4. The fraction of sp³-hybridized carbons (Fsp3) is 0.227. The molecule has 3 rings (SSSR count). The van der Waals surface area contributed by atoms with E-state index in [1.54, 1.807) is 30.5 Å². The van der Waals surface area contributed by atoms with Gasteiger partial charge < -0.3 is 15.0 Å². The Bertz CT molecular complexity index is 1020. The third-order valence-corrected chi connectivity index (χ3v) is 5.47. The fourth-order valence-corrected chi connectivity index (χ4v) is 3.75. The Labute approximate surface area is 184 Å². The minimum Gasteiger partial charge on any atom is -0.461 e. The minimum atomic E-state index is -0.415. The zero-order valence-corrected chi connectivity index (χ0v) is 18.3. The molecule has 0 radical (unpaired) electrons. The molecule has 0 aliphatic heterocycles. The molecular formula is C22H22ClN3O3S. The van der Waals surface area contributed by atoms with Crippen LogP contribution >= 0.6 is 22.9 Å². The minimum absolute atomic E-state index is 0.145. The average molecular weight is 444 g/mol. The Morgan fingerprint density at radius 2 is 1.93 bits per heavy atom. The van der Waals surface area contributed by atoms with Gasteiger partial charge in [-0.3, -0.25) is 4.79 Å². The van der Waals surface area contributed by atoms with Crippen LogP contribution in [0.5, 0.6) is 0 Å². The summed E-state index contributed by atoms with van der Waals surface area (Å²) in [5.74, 6) is -0.560. The number of carbonyl (C=O) groups excluding carboxylic acids is 2. The molecular weight excluding hydrogens is 422 g/mol. The van der Waals surface area contributed by atoms with Crippen molar-refractivity contribution in [1.82, 2.24) is 10.3 Å². The van der Waals surface area contributed by atoms with Gasteiger partial charge in [0.1, 0.15) is 0 Å². The average Bonchev–Trinajstić information content (AvgIpc) is 3.23. The summed E-state index contributed by atoms with van der Waals surface area (Å²) in [6, 6.07) is 14.8. The number of benzene rings is 2. The van der Waals surface area contributed by atoms with Crippen molar-refractivity contribution in [1.29, 1.82) is 0 Å². The van der Waals surface area contributed by atoms with E-state index in [0.717, 1.165) is 16.3 Å². The van der Waals surface area contributed by atoms with Crippen LogP contribution in [-0.4, -0.2) is 30.5 Å². The first-order valence-electron chi connectivity index (χ1n) is 9.41. The molecule has 0 spiro atoms. The van der Waals surface area contributed by atoms with Crippen molar-refractivity contribution < 1.29 is 14.3 Å². The number of carbonyl (C=O) groups is 2. The first-order chi connectivity index (χ1) is 14.5. The van der Waals surface area contributed by atoms with Crippen molar-refractivity contribution in [3.05, 3.63) is 81.3 Å². The molecule has 0 aliphatic rings. The molecule has 1 aromatic heterocycles. The Morgan fingerprint density at radius 1 is 1.17 bits per heavy atom. The number of ether oxygens (including phenoxy) is 1. The van der Waals surface area contributed by atoms with E-state index in [9.17, 15) is 9.59 Å². The summed E-state index contributed by atoms with van der Waals surface area (Å²) in [6.45, 7) is 3.09. The maximum atomic E-state index is 12.4. The van der Waals surface area contributed by atoms with Crippen LogP contribution in [0.4, 0.5) is 5.13 Å². The Morgan fingerprint density at radius 3 is 2.63 bits per heavy atom. The third kappa shape index (κ3) is 5.81. The quantitative estimate of drug-likeness (QED) is 0.517. The van der Waals surface area contributed by atoms with Gasteiger partial charge in [-0.1, -0.05) is 35.9 Å². The molecule has 0 unspecified atom stereocenters. The monoisotopic (exact) mass is 443 g/mol. The zero-order valence-electron chi connectivity index (χ0n) is 16.7. The van der Waals surface area contributed by atoms with Gasteiger partial charge in [-0.2, -0.15) is 0 Å². The number of aromatic nitrogens is 1. The van der Waals surface area contributed by atoms with E-state index < -0.39 is 5.97 Å². The summed E-state index contributed by atoms with van der Waals surface area (Å²) in [7, 11) is 1.90. The molecule has 2 aromatic carbocycles. The molecule has 1 N–H and O–H groups in total. The molecule has 3 aromatic rings. The van der Waals surface area contributed by atoms with Crippen LogP contribution < -0.4 is 10.2 Å². The highest BCUT2D eigenvalue weighted by molar-refractivity contribution is 7.13. The van der Waals surface area contributed by atoms with Gasteiger partial charge in [-0.05, 0) is 42.3 Å². The molecule has 0 saturated carbocycles. The van der Waals surface area contributed by atoms with Gasteiger partial charge in [0.15, 0.2) is 10.8 Å². The lowest BCUT2D eigenvalue weighted by Gasteiger charge is -2.16. The Balaban J connectivity index is 1.56. The van der Waals surface area contributed by atoms with E-state index in [0.29, 0.717) is 36.0 Å². The molecule has 6 nitrogen and oxygen atoms in total. The normalized spacial score (nSPS) is 10.5. The maximum absolute atomic E-state index is 12.4. The van der Waals surface area contributed by atoms with Crippen LogP contribution in [0, 0.1) is 0 Å². The van der Waals surface area contributed by atoms with Gasteiger partial charge in [0.25, 0.3) is 5.91 Å². The maximum Gasteiger partial charge on any atom is 0.357 e. The molecule has 156 valence electrons. The van der Waals surface area contributed by atoms with Crippen LogP contribution in [0.25, 0.3) is 0 Å². The Kier molecular flexibility index (Phi) is 7.43. The van der Waals surface area contributed by atoms with Crippen LogP contribution in [0.1, 0.15) is 38.9 Å². The number of hydrogen-bond donors (Lipinski definition) is 1. The largest absolute Gasteiger partial charge is 0.461 e. The molecule has 0 fully saturated rings. The lowest BCUT2D eigenvalue weighted by molar-refractivity contribution is 0.0520. The number of nitrogens with zero attached hydrogens (tertiary/aromatic N) is 2. The van der Waals surface area contributed by atoms with Crippen molar-refractivity contribution >= 4 is 39.9 Å². The van der Waals surface area contributed by atoms with Crippen LogP contribution in [0.3, 0.4) is 0 Å². The van der Waals surface area contributed by atoms with Gasteiger partial charge in [0, 0.05) is 36.1 Å². The number of rotatable bonds is 8. The second-order valence-electron chi connectivity index (χ2n) is 6.60. The molecule has 0 saturated heterocycles. The SMILES string of the molecule is CCOC(=O)c1csc(N(C)Cc2ccc(C(=O)NCc3cccc(Cl)c3)cc2)n1. The molecule has 1 amide bonds. The number of hydrogen-bond acceptors (Lipinski definition) is 6. The highest BCUT2D eigenvalue weighted by Crippen LogP contribution is 2.22. The standard InChI is InChI=1S/C22H22ClN3O3S/c1-3-29-21(28)19-14-30-22(25-19)26(2)13-15-7-9-17(10-8-15)20(27)24-12-16-5-4-6-18(23)11-16/h4-11,14H,3,12-13H2,1-2H3,(H,24,27). The number of amides is 1. The van der Waals surface area contributed by atoms with E-state index in [-0.39, 0.29) is 5.91 Å². The van der Waals surface area contributed by atoms with Crippen molar-refractivity contribution in [3.63, 3.8) is 0 Å². The molecule has 0 atom stereocenters. The van der Waals surface area contributed by atoms with Crippen molar-refractivity contribution in [2.45, 2.75) is 20.0 Å². The lowest BCUT2D eigenvalue weighted by atomic mass is 10.1. The van der Waals surface area contributed by atoms with Crippen LogP contribution in [0.15, 0.2) is 53.9 Å². The fourth-order valence-electron chi connectivity index (χ4n) is 2.77. The van der Waals surface area contributed by atoms with E-state index in [1.165, 1.54) is 11.3 Å². The lowest BCUT2D eigenvalue weighted by Crippen LogP contribution is -2.23. The van der Waals surface area contributed by atoms with Gasteiger partial charge in [0.05, 0.1) is 6.61 Å². The van der Waals surface area contributed by atoms with Crippen molar-refractivity contribution in [2.75, 3.05) is 18.6 Å². The molecule has 0 bridgehead atoms. The molecule has 1 heterocycles. The smallest absolute Gasteiger partial charge is 0.357 e. The van der Waals surface area contributed by atoms with Crippen LogP contribution in [0.2, 0.25) is 5.02 Å². The van der Waals surface area contributed by atoms with E-state index in [2.05, 4.69) is 10.3 Å². The summed E-state index contributed by atoms with van der Waals surface area (Å²) >= 11 is 7.35. The zero-order chi connectivity index (χ0) is 21.5. The van der Waals surface area contributed by atoms with E-state index >= 15 is 0 Å². The van der Waals surface area contributed by atoms with E-state index in [1.807, 2.05) is 42.3 Å². The second-order valence-corrected chi connectivity index (χ2v) is 7.87. The number of anilines is 1. The first kappa shape index (κ1) is 21.8. The third-order valence-electron chi connectivity index (χ3n) is 4.28. The summed E-state index contributed by atoms with van der Waals surface area (Å²) in [5.41, 5.74) is 2.87.